The number of nitrogens with zero attached hydrogens (tertiary/aromatic N) is 4. The monoisotopic (exact) mass is 325 g/mol. The lowest BCUT2D eigenvalue weighted by Crippen LogP contribution is -2.36. The summed E-state index contributed by atoms with van der Waals surface area (Å²) in [5.41, 5.74) is 2.09. The van der Waals surface area contributed by atoms with Gasteiger partial charge in [0.25, 0.3) is 0 Å². The molecule has 5 nitrogen and oxygen atoms in total. The van der Waals surface area contributed by atoms with Crippen molar-refractivity contribution in [2.24, 2.45) is 5.92 Å². The van der Waals surface area contributed by atoms with E-state index in [1.54, 1.807) is 0 Å². The first-order valence-corrected chi connectivity index (χ1v) is 8.65. The average molecular weight is 325 g/mol. The molecule has 1 fully saturated rings. The van der Waals surface area contributed by atoms with E-state index in [2.05, 4.69) is 47.2 Å². The molecule has 0 amide bonds. The maximum atomic E-state index is 4.86. The number of hydrogen-bond donors (Lipinski definition) is 1. The summed E-state index contributed by atoms with van der Waals surface area (Å²) >= 11 is 0. The van der Waals surface area contributed by atoms with Crippen LogP contribution in [0.5, 0.6) is 0 Å². The van der Waals surface area contributed by atoms with Gasteiger partial charge in [0.1, 0.15) is 5.82 Å². The van der Waals surface area contributed by atoms with Gasteiger partial charge < -0.3 is 15.1 Å². The van der Waals surface area contributed by atoms with Crippen molar-refractivity contribution in [2.45, 2.75) is 26.8 Å². The van der Waals surface area contributed by atoms with Crippen LogP contribution in [0.25, 0.3) is 0 Å². The van der Waals surface area contributed by atoms with Crippen LogP contribution in [0.1, 0.15) is 19.5 Å². The molecular formula is C19H27N5. The highest BCUT2D eigenvalue weighted by Crippen LogP contribution is 2.24. The Morgan fingerprint density at radius 2 is 1.88 bits per heavy atom. The first-order chi connectivity index (χ1) is 11.5. The molecule has 2 heterocycles. The third kappa shape index (κ3) is 3.85. The van der Waals surface area contributed by atoms with Crippen molar-refractivity contribution in [2.75, 3.05) is 36.5 Å². The van der Waals surface area contributed by atoms with Crippen LogP contribution in [0.15, 0.2) is 36.4 Å². The molecule has 2 atom stereocenters. The van der Waals surface area contributed by atoms with E-state index >= 15 is 0 Å². The molecule has 0 bridgehead atoms. The lowest BCUT2D eigenvalue weighted by atomic mass is 10.2. The first kappa shape index (κ1) is 16.7. The van der Waals surface area contributed by atoms with E-state index < -0.39 is 0 Å². The summed E-state index contributed by atoms with van der Waals surface area (Å²) in [4.78, 5) is 13.9. The molecule has 1 aromatic heterocycles. The van der Waals surface area contributed by atoms with E-state index in [0.717, 1.165) is 42.8 Å². The summed E-state index contributed by atoms with van der Waals surface area (Å²) < 4.78 is 0. The molecule has 128 valence electrons. The smallest absolute Gasteiger partial charge is 0.231 e. The number of rotatable bonds is 3. The lowest BCUT2D eigenvalue weighted by Gasteiger charge is -2.27. The zero-order chi connectivity index (χ0) is 17.1. The van der Waals surface area contributed by atoms with Crippen LogP contribution in [-0.2, 0) is 0 Å². The van der Waals surface area contributed by atoms with Crippen molar-refractivity contribution in [3.8, 4) is 0 Å². The van der Waals surface area contributed by atoms with Gasteiger partial charge in [0.05, 0.1) is 0 Å². The molecule has 2 aromatic rings. The second-order valence-electron chi connectivity index (χ2n) is 6.88. The van der Waals surface area contributed by atoms with Crippen LogP contribution < -0.4 is 15.1 Å². The number of para-hydroxylation sites is 1. The van der Waals surface area contributed by atoms with Crippen LogP contribution in [0, 0.1) is 12.8 Å². The number of aromatic nitrogens is 2. The zero-order valence-corrected chi connectivity index (χ0v) is 15.0. The van der Waals surface area contributed by atoms with Crippen LogP contribution >= 0.6 is 0 Å². The van der Waals surface area contributed by atoms with Crippen molar-refractivity contribution in [3.63, 3.8) is 0 Å². The minimum absolute atomic E-state index is 0.459. The number of anilines is 3. The van der Waals surface area contributed by atoms with Gasteiger partial charge in [0, 0.05) is 43.6 Å². The molecule has 0 saturated carbocycles. The Morgan fingerprint density at radius 3 is 2.62 bits per heavy atom. The molecule has 24 heavy (non-hydrogen) atoms. The van der Waals surface area contributed by atoms with Gasteiger partial charge in [-0.1, -0.05) is 25.1 Å². The summed E-state index contributed by atoms with van der Waals surface area (Å²) in [6.07, 6.45) is 0. The largest absolute Gasteiger partial charge is 0.355 e. The molecular weight excluding hydrogens is 298 g/mol. The molecule has 1 saturated heterocycles. The van der Waals surface area contributed by atoms with Crippen molar-refractivity contribution in [1.82, 2.24) is 15.3 Å². The van der Waals surface area contributed by atoms with Gasteiger partial charge in [-0.25, -0.2) is 4.98 Å². The Balaban J connectivity index is 1.91. The third-order valence-electron chi connectivity index (χ3n) is 4.44. The van der Waals surface area contributed by atoms with E-state index in [-0.39, 0.29) is 0 Å². The Bertz CT molecular complexity index is 661. The molecule has 5 heteroatoms. The fourth-order valence-electron chi connectivity index (χ4n) is 3.12. The molecule has 1 aromatic carbocycles. The molecule has 1 aliphatic heterocycles. The molecule has 1 aliphatic rings. The molecule has 0 radical (unpaired) electrons. The highest BCUT2D eigenvalue weighted by Gasteiger charge is 2.21. The van der Waals surface area contributed by atoms with E-state index in [1.807, 2.05) is 37.1 Å². The maximum absolute atomic E-state index is 4.86. The van der Waals surface area contributed by atoms with Gasteiger partial charge in [-0.3, -0.25) is 0 Å². The van der Waals surface area contributed by atoms with Crippen molar-refractivity contribution < 1.29 is 0 Å². The predicted molar refractivity (Wildman–Crippen MR) is 100 cm³/mol. The molecule has 2 unspecified atom stereocenters. The second-order valence-corrected chi connectivity index (χ2v) is 6.88. The van der Waals surface area contributed by atoms with Gasteiger partial charge in [0.15, 0.2) is 0 Å². The summed E-state index contributed by atoms with van der Waals surface area (Å²) in [6, 6.07) is 12.8. The average Bonchev–Trinajstić information content (AvgIpc) is 2.75. The molecule has 0 aliphatic carbocycles. The fraction of sp³-hybridized carbons (Fsp3) is 0.474. The van der Waals surface area contributed by atoms with E-state index in [0.29, 0.717) is 12.0 Å². The van der Waals surface area contributed by atoms with Gasteiger partial charge in [-0.05, 0) is 38.4 Å². The minimum Gasteiger partial charge on any atom is -0.355 e. The number of nitrogens with one attached hydrogen (secondary N) is 1. The summed E-state index contributed by atoms with van der Waals surface area (Å²) in [6.45, 7) is 9.59. The first-order valence-electron chi connectivity index (χ1n) is 8.65. The molecule has 3 rings (SSSR count). The van der Waals surface area contributed by atoms with Crippen LogP contribution in [0.4, 0.5) is 17.5 Å². The normalized spacial score (nSPS) is 21.4. The Kier molecular flexibility index (Phi) is 5.00. The summed E-state index contributed by atoms with van der Waals surface area (Å²) in [5.74, 6) is 2.36. The maximum Gasteiger partial charge on any atom is 0.231 e. The number of aryl methyl sites for hydroxylation is 1. The minimum atomic E-state index is 0.459. The predicted octanol–water partition coefficient (Wildman–Crippen LogP) is 2.99. The van der Waals surface area contributed by atoms with E-state index in [9.17, 15) is 0 Å². The van der Waals surface area contributed by atoms with Gasteiger partial charge >= 0.3 is 0 Å². The second kappa shape index (κ2) is 7.18. The Morgan fingerprint density at radius 1 is 1.12 bits per heavy atom. The number of hydrogen-bond acceptors (Lipinski definition) is 5. The quantitative estimate of drug-likeness (QED) is 0.940. The third-order valence-corrected chi connectivity index (χ3v) is 4.44. The highest BCUT2D eigenvalue weighted by molar-refractivity contribution is 5.58. The summed E-state index contributed by atoms with van der Waals surface area (Å²) in [5, 5.41) is 3.58. The molecule has 0 spiro atoms. The van der Waals surface area contributed by atoms with Crippen LogP contribution in [0.2, 0.25) is 0 Å². The Hall–Kier alpha value is -2.14. The standard InChI is InChI=1S/C19H27N5/c1-14-11-20-16(3)13-24(12-14)18-10-15(2)21-19(22-18)23(4)17-8-6-5-7-9-17/h5-10,14,16,20H,11-13H2,1-4H3. The van der Waals surface area contributed by atoms with Gasteiger partial charge in [0.2, 0.25) is 5.95 Å². The van der Waals surface area contributed by atoms with Gasteiger partial charge in [-0.15, -0.1) is 0 Å². The van der Waals surface area contributed by atoms with Crippen LogP contribution in [-0.4, -0.2) is 42.7 Å². The topological polar surface area (TPSA) is 44.3 Å². The molecule has 1 N–H and O–H groups in total. The van der Waals surface area contributed by atoms with Crippen molar-refractivity contribution in [1.29, 1.82) is 0 Å². The fourth-order valence-corrected chi connectivity index (χ4v) is 3.12. The lowest BCUT2D eigenvalue weighted by molar-refractivity contribution is 0.525. The summed E-state index contributed by atoms with van der Waals surface area (Å²) in [7, 11) is 2.02. The Labute approximate surface area is 144 Å². The van der Waals surface area contributed by atoms with Crippen LogP contribution in [0.3, 0.4) is 0 Å². The zero-order valence-electron chi connectivity index (χ0n) is 15.0. The van der Waals surface area contributed by atoms with E-state index in [4.69, 9.17) is 4.98 Å². The highest BCUT2D eigenvalue weighted by atomic mass is 15.3. The van der Waals surface area contributed by atoms with Gasteiger partial charge in [-0.2, -0.15) is 4.98 Å². The van der Waals surface area contributed by atoms with Crippen molar-refractivity contribution >= 4 is 17.5 Å². The van der Waals surface area contributed by atoms with Crippen molar-refractivity contribution in [3.05, 3.63) is 42.1 Å². The number of benzene rings is 1. The SMILES string of the molecule is Cc1cc(N2CC(C)CNC(C)C2)nc(N(C)c2ccccc2)n1. The van der Waals surface area contributed by atoms with E-state index in [1.165, 1.54) is 0 Å².